The highest BCUT2D eigenvalue weighted by Gasteiger charge is 2.33. The van der Waals surface area contributed by atoms with E-state index in [1.54, 1.807) is 28.8 Å². The molecular weight excluding hydrogens is 661 g/mol. The van der Waals surface area contributed by atoms with E-state index in [9.17, 15) is 31.2 Å². The summed E-state index contributed by atoms with van der Waals surface area (Å²) < 4.78 is 79.6. The predicted molar refractivity (Wildman–Crippen MR) is 166 cm³/mol. The van der Waals surface area contributed by atoms with Gasteiger partial charge in [0.15, 0.2) is 11.0 Å². The van der Waals surface area contributed by atoms with E-state index in [-0.39, 0.29) is 52.5 Å². The van der Waals surface area contributed by atoms with Gasteiger partial charge in [0.25, 0.3) is 5.91 Å². The average molecular weight is 691 g/mol. The Morgan fingerprint density at radius 1 is 0.979 bits per heavy atom. The van der Waals surface area contributed by atoms with Gasteiger partial charge in [-0.25, -0.2) is 8.42 Å². The van der Waals surface area contributed by atoms with Crippen molar-refractivity contribution in [2.45, 2.75) is 22.8 Å². The molecular formula is C30H29F3N6O6S2. The van der Waals surface area contributed by atoms with Crippen molar-refractivity contribution in [3.8, 4) is 11.4 Å². The number of morpholine rings is 1. The number of halogens is 3. The van der Waals surface area contributed by atoms with Gasteiger partial charge in [0.2, 0.25) is 15.9 Å². The number of nitrogens with zero attached hydrogens (tertiary/aromatic N) is 4. The van der Waals surface area contributed by atoms with E-state index < -0.39 is 33.6 Å². The Kier molecular flexibility index (Phi) is 10.5. The standard InChI is InChI=1S/C30H29F3N6O6S2/c1-44-25-9-5-4-8-24(25)39-26(36-37-29(39)46-19-27(40)35-23-7-3-2-6-22(23)30(31,32)33)18-34-28(41)20-10-12-21(13-11-20)47(42,43)38-14-16-45-17-15-38/h2-13H,14-19H2,1H3,(H,34,41)(H,35,40). The van der Waals surface area contributed by atoms with Gasteiger partial charge in [0.1, 0.15) is 5.75 Å². The zero-order chi connectivity index (χ0) is 33.6. The average Bonchev–Trinajstić information content (AvgIpc) is 3.48. The summed E-state index contributed by atoms with van der Waals surface area (Å²) in [5.41, 5.74) is -0.638. The summed E-state index contributed by atoms with van der Waals surface area (Å²) in [7, 11) is -2.27. The van der Waals surface area contributed by atoms with Crippen LogP contribution in [0.1, 0.15) is 21.7 Å². The maximum Gasteiger partial charge on any atom is 0.418 e. The second kappa shape index (κ2) is 14.5. The van der Waals surface area contributed by atoms with Crippen LogP contribution in [0.5, 0.6) is 5.75 Å². The van der Waals surface area contributed by atoms with Crippen LogP contribution in [0.15, 0.2) is 82.8 Å². The largest absolute Gasteiger partial charge is 0.495 e. The lowest BCUT2D eigenvalue weighted by atomic mass is 10.1. The number of nitrogens with one attached hydrogen (secondary N) is 2. The molecule has 47 heavy (non-hydrogen) atoms. The fourth-order valence-corrected chi connectivity index (χ4v) is 6.87. The molecule has 0 radical (unpaired) electrons. The van der Waals surface area contributed by atoms with E-state index in [0.29, 0.717) is 24.7 Å². The molecule has 4 aromatic rings. The Morgan fingerprint density at radius 2 is 1.66 bits per heavy atom. The number of rotatable bonds is 11. The molecule has 1 aromatic heterocycles. The third kappa shape index (κ3) is 7.93. The summed E-state index contributed by atoms with van der Waals surface area (Å²) in [5, 5.41) is 13.6. The Balaban J connectivity index is 1.31. The second-order valence-corrected chi connectivity index (χ2v) is 12.9. The number of hydrogen-bond donors (Lipinski definition) is 2. The summed E-state index contributed by atoms with van der Waals surface area (Å²) in [6.07, 6.45) is -4.65. The van der Waals surface area contributed by atoms with Crippen molar-refractivity contribution in [3.63, 3.8) is 0 Å². The minimum Gasteiger partial charge on any atom is -0.495 e. The van der Waals surface area contributed by atoms with Crippen LogP contribution in [0, 0.1) is 0 Å². The lowest BCUT2D eigenvalue weighted by Gasteiger charge is -2.26. The van der Waals surface area contributed by atoms with E-state index in [0.717, 1.165) is 17.8 Å². The Bertz CT molecular complexity index is 1850. The zero-order valence-electron chi connectivity index (χ0n) is 24.9. The molecule has 12 nitrogen and oxygen atoms in total. The van der Waals surface area contributed by atoms with E-state index in [1.807, 2.05) is 0 Å². The number of methoxy groups -OCH3 is 1. The molecule has 248 valence electrons. The fourth-order valence-electron chi connectivity index (χ4n) is 4.70. The van der Waals surface area contributed by atoms with Crippen LogP contribution in [-0.4, -0.2) is 78.5 Å². The number of amides is 2. The molecule has 1 fully saturated rings. The number of carbonyl (C=O) groups excluding carboxylic acids is 2. The lowest BCUT2D eigenvalue weighted by Crippen LogP contribution is -2.40. The molecule has 5 rings (SSSR count). The van der Waals surface area contributed by atoms with Crippen LogP contribution >= 0.6 is 11.8 Å². The number of anilines is 1. The first-order valence-electron chi connectivity index (χ1n) is 14.1. The molecule has 0 unspecified atom stereocenters. The van der Waals surface area contributed by atoms with Gasteiger partial charge in [-0.2, -0.15) is 17.5 Å². The van der Waals surface area contributed by atoms with E-state index >= 15 is 0 Å². The maximum atomic E-state index is 13.4. The lowest BCUT2D eigenvalue weighted by molar-refractivity contribution is -0.137. The van der Waals surface area contributed by atoms with E-state index in [1.165, 1.54) is 53.9 Å². The Morgan fingerprint density at radius 3 is 2.36 bits per heavy atom. The van der Waals surface area contributed by atoms with Crippen LogP contribution in [-0.2, 0) is 32.3 Å². The molecule has 0 saturated carbocycles. The number of para-hydroxylation sites is 3. The molecule has 2 N–H and O–H groups in total. The number of carbonyl (C=O) groups is 2. The predicted octanol–water partition coefficient (Wildman–Crippen LogP) is 3.98. The van der Waals surface area contributed by atoms with Crippen LogP contribution < -0.4 is 15.4 Å². The number of benzene rings is 3. The molecule has 0 bridgehead atoms. The van der Waals surface area contributed by atoms with Gasteiger partial charge in [-0.15, -0.1) is 10.2 Å². The van der Waals surface area contributed by atoms with Crippen molar-refractivity contribution in [2.75, 3.05) is 44.5 Å². The first-order valence-corrected chi connectivity index (χ1v) is 16.5. The summed E-state index contributed by atoms with van der Waals surface area (Å²) >= 11 is 0.928. The normalized spacial score (nSPS) is 14.0. The first kappa shape index (κ1) is 33.9. The third-order valence-corrected chi connectivity index (χ3v) is 9.84. The number of thioether (sulfide) groups is 1. The molecule has 1 aliphatic rings. The van der Waals surface area contributed by atoms with Crippen LogP contribution in [0.25, 0.3) is 5.69 Å². The summed E-state index contributed by atoms with van der Waals surface area (Å²) in [5.74, 6) is -0.810. The number of hydrogen-bond acceptors (Lipinski definition) is 9. The van der Waals surface area contributed by atoms with Crippen molar-refractivity contribution >= 4 is 39.3 Å². The monoisotopic (exact) mass is 690 g/mol. The second-order valence-electron chi connectivity index (χ2n) is 10.0. The molecule has 2 heterocycles. The SMILES string of the molecule is COc1ccccc1-n1c(CNC(=O)c2ccc(S(=O)(=O)N3CCOCC3)cc2)nnc1SCC(=O)Nc1ccccc1C(F)(F)F. The number of sulfonamides is 1. The summed E-state index contributed by atoms with van der Waals surface area (Å²) in [6, 6.07) is 17.1. The molecule has 0 aliphatic carbocycles. The smallest absolute Gasteiger partial charge is 0.418 e. The van der Waals surface area contributed by atoms with Crippen LogP contribution in [0.4, 0.5) is 18.9 Å². The van der Waals surface area contributed by atoms with Crippen molar-refractivity contribution in [1.82, 2.24) is 24.4 Å². The van der Waals surface area contributed by atoms with Gasteiger partial charge in [0, 0.05) is 18.7 Å². The van der Waals surface area contributed by atoms with Gasteiger partial charge in [0.05, 0.1) is 54.5 Å². The molecule has 2 amide bonds. The van der Waals surface area contributed by atoms with Crippen molar-refractivity contribution < 1.29 is 40.7 Å². The van der Waals surface area contributed by atoms with Crippen molar-refractivity contribution in [2.24, 2.45) is 0 Å². The highest BCUT2D eigenvalue weighted by molar-refractivity contribution is 7.99. The van der Waals surface area contributed by atoms with Crippen LogP contribution in [0.3, 0.4) is 0 Å². The highest BCUT2D eigenvalue weighted by Crippen LogP contribution is 2.35. The molecule has 0 atom stereocenters. The fraction of sp³-hybridized carbons (Fsp3) is 0.267. The van der Waals surface area contributed by atoms with Crippen molar-refractivity contribution in [1.29, 1.82) is 0 Å². The number of aromatic nitrogens is 3. The highest BCUT2D eigenvalue weighted by atomic mass is 32.2. The topological polar surface area (TPSA) is 145 Å². The minimum atomic E-state index is -4.65. The molecule has 1 aliphatic heterocycles. The quantitative estimate of drug-likeness (QED) is 0.223. The minimum absolute atomic E-state index is 0.0551. The number of alkyl halides is 3. The van der Waals surface area contributed by atoms with Gasteiger partial charge < -0.3 is 20.1 Å². The Labute approximate surface area is 272 Å². The molecule has 0 spiro atoms. The van der Waals surface area contributed by atoms with Crippen molar-refractivity contribution in [3.05, 3.63) is 89.7 Å². The third-order valence-electron chi connectivity index (χ3n) is 7.00. The molecule has 3 aromatic carbocycles. The molecule has 1 saturated heterocycles. The zero-order valence-corrected chi connectivity index (χ0v) is 26.5. The number of ether oxygens (including phenoxy) is 2. The Hall–Kier alpha value is -4.45. The molecule has 17 heteroatoms. The van der Waals surface area contributed by atoms with E-state index in [2.05, 4.69) is 20.8 Å². The van der Waals surface area contributed by atoms with Crippen LogP contribution in [0.2, 0.25) is 0 Å². The van der Waals surface area contributed by atoms with Gasteiger partial charge in [-0.05, 0) is 48.5 Å². The van der Waals surface area contributed by atoms with Gasteiger partial charge in [-0.1, -0.05) is 36.0 Å². The van der Waals surface area contributed by atoms with Gasteiger partial charge in [-0.3, -0.25) is 14.2 Å². The summed E-state index contributed by atoms with van der Waals surface area (Å²) in [6.45, 7) is 0.985. The van der Waals surface area contributed by atoms with E-state index in [4.69, 9.17) is 9.47 Å². The summed E-state index contributed by atoms with van der Waals surface area (Å²) in [4.78, 5) is 25.8. The van der Waals surface area contributed by atoms with Gasteiger partial charge >= 0.3 is 6.18 Å². The first-order chi connectivity index (χ1) is 22.5. The maximum absolute atomic E-state index is 13.4.